The quantitative estimate of drug-likeness (QED) is 0.621. The Balaban J connectivity index is 1.42. The Morgan fingerprint density at radius 2 is 2.00 bits per heavy atom. The molecule has 30 heavy (non-hydrogen) atoms. The van der Waals surface area contributed by atoms with Gasteiger partial charge in [0, 0.05) is 18.4 Å². The summed E-state index contributed by atoms with van der Waals surface area (Å²) < 4.78 is 7.62. The number of piperidine rings is 1. The molecule has 7 heteroatoms. The van der Waals surface area contributed by atoms with E-state index in [-0.39, 0.29) is 12.1 Å². The first-order valence-electron chi connectivity index (χ1n) is 9.99. The zero-order valence-electron chi connectivity index (χ0n) is 17.1. The van der Waals surface area contributed by atoms with Crippen LogP contribution in [0.5, 0.6) is 0 Å². The molecule has 1 fully saturated rings. The number of hydrogen-bond acceptors (Lipinski definition) is 6. The number of nitriles is 1. The molecule has 152 valence electrons. The van der Waals surface area contributed by atoms with Crippen LogP contribution < -0.4 is 4.90 Å². The summed E-state index contributed by atoms with van der Waals surface area (Å²) in [4.78, 5) is 19.1. The third-order valence-electron chi connectivity index (χ3n) is 5.21. The van der Waals surface area contributed by atoms with Crippen LogP contribution in [-0.4, -0.2) is 39.9 Å². The van der Waals surface area contributed by atoms with Crippen LogP contribution in [0.25, 0.3) is 5.69 Å². The van der Waals surface area contributed by atoms with E-state index in [1.54, 1.807) is 30.5 Å². The predicted octanol–water partition coefficient (Wildman–Crippen LogP) is 3.58. The van der Waals surface area contributed by atoms with Gasteiger partial charge in [0.05, 0.1) is 35.1 Å². The number of benzene rings is 1. The Labute approximate surface area is 175 Å². The number of pyridine rings is 1. The molecule has 0 N–H and O–H groups in total. The van der Waals surface area contributed by atoms with E-state index in [1.165, 1.54) is 0 Å². The first kappa shape index (κ1) is 19.6. The summed E-state index contributed by atoms with van der Waals surface area (Å²) in [6.45, 7) is 5.34. The van der Waals surface area contributed by atoms with E-state index in [4.69, 9.17) is 10.00 Å². The molecule has 3 aromatic rings. The minimum absolute atomic E-state index is 0.213. The van der Waals surface area contributed by atoms with Crippen molar-refractivity contribution < 1.29 is 9.53 Å². The molecule has 0 bridgehead atoms. The molecule has 0 amide bonds. The van der Waals surface area contributed by atoms with Gasteiger partial charge in [0.1, 0.15) is 11.9 Å². The summed E-state index contributed by atoms with van der Waals surface area (Å²) in [5.74, 6) is 0.407. The van der Waals surface area contributed by atoms with Crippen LogP contribution in [0.4, 0.5) is 5.82 Å². The van der Waals surface area contributed by atoms with E-state index in [9.17, 15) is 4.79 Å². The summed E-state index contributed by atoms with van der Waals surface area (Å²) in [7, 11) is 0. The van der Waals surface area contributed by atoms with Crippen LogP contribution in [-0.2, 0) is 4.74 Å². The summed E-state index contributed by atoms with van der Waals surface area (Å²) in [5.41, 5.74) is 3.99. The number of rotatable bonds is 4. The molecule has 1 aliphatic heterocycles. The molecule has 1 saturated heterocycles. The smallest absolute Gasteiger partial charge is 0.338 e. The number of esters is 1. The fraction of sp³-hybridized carbons (Fsp3) is 0.304. The van der Waals surface area contributed by atoms with Gasteiger partial charge in [-0.05, 0) is 69.2 Å². The van der Waals surface area contributed by atoms with Crippen LogP contribution in [0.3, 0.4) is 0 Å². The summed E-state index contributed by atoms with van der Waals surface area (Å²) in [6.07, 6.45) is 3.13. The van der Waals surface area contributed by atoms with Gasteiger partial charge in [-0.1, -0.05) is 0 Å². The van der Waals surface area contributed by atoms with Crippen LogP contribution in [0.15, 0.2) is 48.7 Å². The van der Waals surface area contributed by atoms with Gasteiger partial charge >= 0.3 is 5.97 Å². The zero-order valence-corrected chi connectivity index (χ0v) is 17.1. The lowest BCUT2D eigenvalue weighted by Crippen LogP contribution is -2.41. The molecule has 7 nitrogen and oxygen atoms in total. The van der Waals surface area contributed by atoms with Gasteiger partial charge in [-0.2, -0.15) is 10.4 Å². The van der Waals surface area contributed by atoms with E-state index in [1.807, 2.05) is 36.7 Å². The van der Waals surface area contributed by atoms with E-state index in [0.717, 1.165) is 42.3 Å². The Kier molecular flexibility index (Phi) is 5.48. The third-order valence-corrected chi connectivity index (χ3v) is 5.21. The van der Waals surface area contributed by atoms with E-state index >= 15 is 0 Å². The lowest BCUT2D eigenvalue weighted by atomic mass is 10.1. The highest BCUT2D eigenvalue weighted by atomic mass is 16.5. The van der Waals surface area contributed by atoms with Gasteiger partial charge in [-0.15, -0.1) is 0 Å². The number of carbonyl (C=O) groups excluding carboxylic acids is 1. The molecule has 1 aromatic carbocycles. The van der Waals surface area contributed by atoms with Gasteiger partial charge in [-0.25, -0.2) is 14.5 Å². The van der Waals surface area contributed by atoms with Crippen LogP contribution in [0.1, 0.15) is 40.2 Å². The first-order valence-corrected chi connectivity index (χ1v) is 9.99. The number of anilines is 1. The molecule has 0 radical (unpaired) electrons. The topological polar surface area (TPSA) is 84.0 Å². The molecule has 1 unspecified atom stereocenters. The molecule has 1 aliphatic rings. The highest BCUT2D eigenvalue weighted by Crippen LogP contribution is 2.21. The van der Waals surface area contributed by atoms with Crippen molar-refractivity contribution in [1.82, 2.24) is 14.8 Å². The molecule has 0 aliphatic carbocycles. The summed E-state index contributed by atoms with van der Waals surface area (Å²) in [6, 6.07) is 14.9. The second-order valence-electron chi connectivity index (χ2n) is 7.52. The van der Waals surface area contributed by atoms with Gasteiger partial charge in [-0.3, -0.25) is 0 Å². The highest BCUT2D eigenvalue weighted by Gasteiger charge is 2.24. The van der Waals surface area contributed by atoms with Crippen molar-refractivity contribution >= 4 is 11.8 Å². The normalized spacial score (nSPS) is 16.2. The molecular formula is C23H23N5O2. The van der Waals surface area contributed by atoms with E-state index in [0.29, 0.717) is 17.7 Å². The number of hydrogen-bond donors (Lipinski definition) is 0. The molecule has 0 saturated carbocycles. The SMILES string of the molecule is Cc1cc(C)n(-c2ccc(C(=O)OC3CCCN(c4cc(C#N)ccn4)C3)cc2)n1. The number of nitrogens with zero attached hydrogens (tertiary/aromatic N) is 5. The van der Waals surface area contributed by atoms with Crippen molar-refractivity contribution in [3.8, 4) is 11.8 Å². The molecule has 1 atom stereocenters. The highest BCUT2D eigenvalue weighted by molar-refractivity contribution is 5.89. The molecule has 2 aromatic heterocycles. The second kappa shape index (κ2) is 8.37. The van der Waals surface area contributed by atoms with Crippen LogP contribution in [0.2, 0.25) is 0 Å². The van der Waals surface area contributed by atoms with Crippen LogP contribution in [0, 0.1) is 25.2 Å². The maximum Gasteiger partial charge on any atom is 0.338 e. The number of aromatic nitrogens is 3. The number of aryl methyl sites for hydroxylation is 2. The van der Waals surface area contributed by atoms with Crippen molar-refractivity contribution in [3.05, 3.63) is 71.2 Å². The van der Waals surface area contributed by atoms with Crippen molar-refractivity contribution in [2.45, 2.75) is 32.8 Å². The van der Waals surface area contributed by atoms with E-state index in [2.05, 4.69) is 21.1 Å². The van der Waals surface area contributed by atoms with Crippen LogP contribution >= 0.6 is 0 Å². The third kappa shape index (κ3) is 4.18. The summed E-state index contributed by atoms with van der Waals surface area (Å²) >= 11 is 0. The average molecular weight is 401 g/mol. The fourth-order valence-electron chi connectivity index (χ4n) is 3.75. The molecule has 3 heterocycles. The van der Waals surface area contributed by atoms with Gasteiger partial charge < -0.3 is 9.64 Å². The van der Waals surface area contributed by atoms with Crippen molar-refractivity contribution in [2.75, 3.05) is 18.0 Å². The number of ether oxygens (including phenoxy) is 1. The standard InChI is InChI=1S/C23H23N5O2/c1-16-12-17(2)28(26-16)20-7-5-19(6-8-20)23(29)30-21-4-3-11-27(15-21)22-13-18(14-24)9-10-25-22/h5-10,12-13,21H,3-4,11,15H2,1-2H3. The second-order valence-corrected chi connectivity index (χ2v) is 7.52. The zero-order chi connectivity index (χ0) is 21.1. The lowest BCUT2D eigenvalue weighted by molar-refractivity contribution is 0.0269. The number of carbonyl (C=O) groups is 1. The van der Waals surface area contributed by atoms with Crippen molar-refractivity contribution in [3.63, 3.8) is 0 Å². The van der Waals surface area contributed by atoms with Gasteiger partial charge in [0.2, 0.25) is 0 Å². The van der Waals surface area contributed by atoms with Gasteiger partial charge in [0.25, 0.3) is 0 Å². The Hall–Kier alpha value is -3.66. The first-order chi connectivity index (χ1) is 14.5. The lowest BCUT2D eigenvalue weighted by Gasteiger charge is -2.33. The minimum Gasteiger partial charge on any atom is -0.457 e. The van der Waals surface area contributed by atoms with Crippen molar-refractivity contribution in [2.24, 2.45) is 0 Å². The maximum absolute atomic E-state index is 12.7. The molecular weight excluding hydrogens is 378 g/mol. The Bertz CT molecular complexity index is 1100. The fourth-order valence-corrected chi connectivity index (χ4v) is 3.75. The molecule has 4 rings (SSSR count). The van der Waals surface area contributed by atoms with E-state index < -0.39 is 0 Å². The monoisotopic (exact) mass is 401 g/mol. The Morgan fingerprint density at radius 1 is 1.20 bits per heavy atom. The Morgan fingerprint density at radius 3 is 2.70 bits per heavy atom. The maximum atomic E-state index is 12.7. The van der Waals surface area contributed by atoms with Crippen molar-refractivity contribution in [1.29, 1.82) is 5.26 Å². The minimum atomic E-state index is -0.333. The molecule has 0 spiro atoms. The summed E-state index contributed by atoms with van der Waals surface area (Å²) in [5, 5.41) is 13.6. The predicted molar refractivity (Wildman–Crippen MR) is 113 cm³/mol. The average Bonchev–Trinajstić information content (AvgIpc) is 3.12. The van der Waals surface area contributed by atoms with Gasteiger partial charge in [0.15, 0.2) is 0 Å². The largest absolute Gasteiger partial charge is 0.457 e.